The Morgan fingerprint density at radius 3 is 2.57 bits per heavy atom. The molecule has 0 aliphatic rings. The number of ether oxygens (including phenoxy) is 3. The third kappa shape index (κ3) is 3.57. The highest BCUT2D eigenvalue weighted by molar-refractivity contribution is 6.02. The molecule has 0 amide bonds. The van der Waals surface area contributed by atoms with E-state index < -0.39 is 11.9 Å². The molecule has 1 aromatic heterocycles. The van der Waals surface area contributed by atoms with Crippen LogP contribution in [-0.2, 0) is 19.1 Å². The van der Waals surface area contributed by atoms with Crippen molar-refractivity contribution < 1.29 is 23.8 Å². The predicted octanol–water partition coefficient (Wildman–Crippen LogP) is 1.89. The molecule has 0 saturated carbocycles. The lowest BCUT2D eigenvalue weighted by Gasteiger charge is -2.12. The van der Waals surface area contributed by atoms with Crippen molar-refractivity contribution in [1.29, 1.82) is 0 Å². The fraction of sp³-hybridized carbons (Fsp3) is 0.188. The maximum atomic E-state index is 11.8. The second-order valence-electron chi connectivity index (χ2n) is 4.41. The number of methoxy groups -OCH3 is 3. The van der Waals surface area contributed by atoms with Gasteiger partial charge in [-0.15, -0.1) is 0 Å². The number of nitrogens with one attached hydrogen (secondary N) is 1. The molecule has 120 valence electrons. The van der Waals surface area contributed by atoms with Crippen LogP contribution in [-0.4, -0.2) is 38.3 Å². The van der Waals surface area contributed by atoms with Crippen LogP contribution in [0.1, 0.15) is 0 Å². The molecular formula is C16H16N2O5. The summed E-state index contributed by atoms with van der Waals surface area (Å²) in [6, 6.07) is 7.05. The number of pyridine rings is 1. The molecule has 0 atom stereocenters. The van der Waals surface area contributed by atoms with E-state index >= 15 is 0 Å². The second kappa shape index (κ2) is 7.26. The van der Waals surface area contributed by atoms with Gasteiger partial charge in [-0.05, 0) is 24.3 Å². The van der Waals surface area contributed by atoms with E-state index in [4.69, 9.17) is 4.74 Å². The van der Waals surface area contributed by atoms with Gasteiger partial charge in [0.2, 0.25) is 0 Å². The maximum Gasteiger partial charge on any atom is 0.354 e. The van der Waals surface area contributed by atoms with Gasteiger partial charge >= 0.3 is 11.9 Å². The van der Waals surface area contributed by atoms with Crippen molar-refractivity contribution in [3.8, 4) is 5.75 Å². The molecule has 0 radical (unpaired) electrons. The van der Waals surface area contributed by atoms with Crippen LogP contribution in [0.25, 0.3) is 10.9 Å². The molecule has 1 heterocycles. The molecule has 0 unspecified atom stereocenters. The average molecular weight is 316 g/mol. The Hall–Kier alpha value is -3.09. The standard InChI is InChI=1S/C16H16N2O5/c1-21-13-7-6-11(15-10(13)5-4-8-17-15)18-12(16(20)23-3)9-14(19)22-2/h4-9,18H,1-3H3. The zero-order valence-electron chi connectivity index (χ0n) is 13.0. The summed E-state index contributed by atoms with van der Waals surface area (Å²) in [4.78, 5) is 27.5. The third-order valence-corrected chi connectivity index (χ3v) is 3.09. The molecule has 7 nitrogen and oxygen atoms in total. The average Bonchev–Trinajstić information content (AvgIpc) is 2.60. The third-order valence-electron chi connectivity index (χ3n) is 3.09. The molecule has 1 N–H and O–H groups in total. The van der Waals surface area contributed by atoms with Gasteiger partial charge in [0, 0.05) is 11.6 Å². The summed E-state index contributed by atoms with van der Waals surface area (Å²) in [6.07, 6.45) is 2.64. The van der Waals surface area contributed by atoms with Crippen molar-refractivity contribution in [1.82, 2.24) is 4.98 Å². The Balaban J connectivity index is 2.49. The normalized spacial score (nSPS) is 11.0. The molecule has 0 spiro atoms. The number of benzene rings is 1. The predicted molar refractivity (Wildman–Crippen MR) is 84.0 cm³/mol. The van der Waals surface area contributed by atoms with Gasteiger partial charge in [-0.3, -0.25) is 4.98 Å². The molecule has 0 aliphatic carbocycles. The lowest BCUT2D eigenvalue weighted by Crippen LogP contribution is -2.15. The van der Waals surface area contributed by atoms with Crippen molar-refractivity contribution >= 4 is 28.5 Å². The van der Waals surface area contributed by atoms with Crippen LogP contribution in [0.3, 0.4) is 0 Å². The second-order valence-corrected chi connectivity index (χ2v) is 4.41. The van der Waals surface area contributed by atoms with Crippen LogP contribution in [0.2, 0.25) is 0 Å². The first-order chi connectivity index (χ1) is 11.1. The highest BCUT2D eigenvalue weighted by atomic mass is 16.5. The highest BCUT2D eigenvalue weighted by Gasteiger charge is 2.15. The lowest BCUT2D eigenvalue weighted by atomic mass is 10.1. The zero-order chi connectivity index (χ0) is 16.8. The van der Waals surface area contributed by atoms with E-state index in [1.807, 2.05) is 6.07 Å². The fourth-order valence-electron chi connectivity index (χ4n) is 2.00. The molecule has 23 heavy (non-hydrogen) atoms. The minimum atomic E-state index is -0.699. The number of hydrogen-bond acceptors (Lipinski definition) is 7. The number of carbonyl (C=O) groups excluding carboxylic acids is 2. The summed E-state index contributed by atoms with van der Waals surface area (Å²) in [7, 11) is 4.00. The number of esters is 2. The highest BCUT2D eigenvalue weighted by Crippen LogP contribution is 2.30. The van der Waals surface area contributed by atoms with Gasteiger partial charge < -0.3 is 19.5 Å². The van der Waals surface area contributed by atoms with Gasteiger partial charge in [-0.25, -0.2) is 9.59 Å². The van der Waals surface area contributed by atoms with Crippen molar-refractivity contribution in [3.63, 3.8) is 0 Å². The molecular weight excluding hydrogens is 300 g/mol. The Bertz CT molecular complexity index is 770. The summed E-state index contributed by atoms with van der Waals surface area (Å²) in [6.45, 7) is 0. The van der Waals surface area contributed by atoms with E-state index in [2.05, 4.69) is 19.8 Å². The minimum absolute atomic E-state index is 0.0588. The van der Waals surface area contributed by atoms with Gasteiger partial charge in [-0.2, -0.15) is 0 Å². The van der Waals surface area contributed by atoms with Gasteiger partial charge in [-0.1, -0.05) is 0 Å². The Morgan fingerprint density at radius 2 is 1.91 bits per heavy atom. The van der Waals surface area contributed by atoms with Crippen LogP contribution in [0.15, 0.2) is 42.2 Å². The SMILES string of the molecule is COC(=O)C=C(Nc1ccc(OC)c2cccnc12)C(=O)OC. The molecule has 0 aliphatic heterocycles. The number of nitrogens with zero attached hydrogens (tertiary/aromatic N) is 1. The van der Waals surface area contributed by atoms with E-state index in [-0.39, 0.29) is 5.70 Å². The van der Waals surface area contributed by atoms with Crippen LogP contribution >= 0.6 is 0 Å². The number of fused-ring (bicyclic) bond motifs is 1. The number of rotatable bonds is 5. The smallest absolute Gasteiger partial charge is 0.354 e. The van der Waals surface area contributed by atoms with Crippen LogP contribution < -0.4 is 10.1 Å². The first-order valence-corrected chi connectivity index (χ1v) is 6.67. The maximum absolute atomic E-state index is 11.8. The van der Waals surface area contributed by atoms with Crippen molar-refractivity contribution in [2.75, 3.05) is 26.6 Å². The summed E-state index contributed by atoms with van der Waals surface area (Å²) in [5.41, 5.74) is 1.06. The monoisotopic (exact) mass is 316 g/mol. The topological polar surface area (TPSA) is 86.8 Å². The van der Waals surface area contributed by atoms with E-state index in [0.717, 1.165) is 11.5 Å². The minimum Gasteiger partial charge on any atom is -0.496 e. The summed E-state index contributed by atoms with van der Waals surface area (Å²) in [5, 5.41) is 3.62. The molecule has 2 rings (SSSR count). The Labute approximate surface area is 132 Å². The number of carbonyl (C=O) groups is 2. The van der Waals surface area contributed by atoms with Gasteiger partial charge in [0.25, 0.3) is 0 Å². The van der Waals surface area contributed by atoms with Gasteiger partial charge in [0.05, 0.1) is 38.6 Å². The Morgan fingerprint density at radius 1 is 1.13 bits per heavy atom. The molecule has 0 saturated heterocycles. The van der Waals surface area contributed by atoms with Crippen molar-refractivity contribution in [3.05, 3.63) is 42.2 Å². The molecule has 7 heteroatoms. The van der Waals surface area contributed by atoms with E-state index in [9.17, 15) is 9.59 Å². The van der Waals surface area contributed by atoms with Crippen LogP contribution in [0, 0.1) is 0 Å². The Kier molecular flexibility index (Phi) is 5.14. The van der Waals surface area contributed by atoms with Crippen LogP contribution in [0.5, 0.6) is 5.75 Å². The first-order valence-electron chi connectivity index (χ1n) is 6.67. The van der Waals surface area contributed by atoms with E-state index in [1.165, 1.54) is 14.2 Å². The van der Waals surface area contributed by atoms with Gasteiger partial charge in [0.1, 0.15) is 11.4 Å². The quantitative estimate of drug-likeness (QED) is 0.665. The lowest BCUT2D eigenvalue weighted by molar-refractivity contribution is -0.138. The fourth-order valence-corrected chi connectivity index (χ4v) is 2.00. The summed E-state index contributed by atoms with van der Waals surface area (Å²) in [5.74, 6) is -0.728. The number of aromatic nitrogens is 1. The van der Waals surface area contributed by atoms with Crippen molar-refractivity contribution in [2.45, 2.75) is 0 Å². The number of anilines is 1. The zero-order valence-corrected chi connectivity index (χ0v) is 13.0. The van der Waals surface area contributed by atoms with Crippen molar-refractivity contribution in [2.24, 2.45) is 0 Å². The largest absolute Gasteiger partial charge is 0.496 e. The van der Waals surface area contributed by atoms with E-state index in [0.29, 0.717) is 17.0 Å². The molecule has 0 bridgehead atoms. The van der Waals surface area contributed by atoms with Gasteiger partial charge in [0.15, 0.2) is 0 Å². The first kappa shape index (κ1) is 16.3. The van der Waals surface area contributed by atoms with E-state index in [1.54, 1.807) is 31.5 Å². The number of hydrogen-bond donors (Lipinski definition) is 1. The van der Waals surface area contributed by atoms with Crippen LogP contribution in [0.4, 0.5) is 5.69 Å². The molecule has 1 aromatic carbocycles. The molecule has 2 aromatic rings. The molecule has 0 fully saturated rings. The summed E-state index contributed by atoms with van der Waals surface area (Å²) >= 11 is 0. The summed E-state index contributed by atoms with van der Waals surface area (Å²) < 4.78 is 14.5.